The van der Waals surface area contributed by atoms with Crippen molar-refractivity contribution in [3.05, 3.63) is 76.0 Å². The van der Waals surface area contributed by atoms with Crippen molar-refractivity contribution in [3.8, 4) is 0 Å². The summed E-state index contributed by atoms with van der Waals surface area (Å²) in [5.74, 6) is -0.631. The topological polar surface area (TPSA) is 93.4 Å². The number of hydrogen-bond donors (Lipinski definition) is 1. The number of benzene rings is 1. The smallest absolute Gasteiger partial charge is 0.266 e. The second-order valence-corrected chi connectivity index (χ2v) is 6.82. The summed E-state index contributed by atoms with van der Waals surface area (Å²) in [6.07, 6.45) is 6.70. The minimum Gasteiger partial charge on any atom is -0.325 e. The first kappa shape index (κ1) is 17.8. The van der Waals surface area contributed by atoms with Gasteiger partial charge in [0.05, 0.1) is 22.9 Å². The first-order valence-corrected chi connectivity index (χ1v) is 8.88. The van der Waals surface area contributed by atoms with Gasteiger partial charge in [-0.2, -0.15) is 0 Å². The third-order valence-electron chi connectivity index (χ3n) is 5.05. The lowest BCUT2D eigenvalue weighted by molar-refractivity contribution is -0.118. The number of nitrogens with zero attached hydrogens (tertiary/aromatic N) is 3. The number of rotatable bonds is 2. The van der Waals surface area contributed by atoms with Crippen LogP contribution in [0.4, 0.5) is 0 Å². The number of fused-ring (bicyclic) bond motifs is 2. The number of aliphatic imine (C=N–C) groups is 1. The van der Waals surface area contributed by atoms with Gasteiger partial charge in [-0.1, -0.05) is 23.8 Å². The summed E-state index contributed by atoms with van der Waals surface area (Å²) in [5, 5.41) is 3.29. The zero-order valence-corrected chi connectivity index (χ0v) is 15.5. The molecule has 0 saturated heterocycles. The molecule has 0 radical (unpaired) electrons. The summed E-state index contributed by atoms with van der Waals surface area (Å²) in [6, 6.07) is 6.98. The lowest BCUT2D eigenvalue weighted by Crippen LogP contribution is -2.35. The van der Waals surface area contributed by atoms with Crippen LogP contribution >= 0.6 is 0 Å². The summed E-state index contributed by atoms with van der Waals surface area (Å²) in [7, 11) is 0. The van der Waals surface area contributed by atoms with E-state index < -0.39 is 5.91 Å². The van der Waals surface area contributed by atoms with Crippen molar-refractivity contribution in [1.82, 2.24) is 14.9 Å². The minimum absolute atomic E-state index is 0.0148. The highest BCUT2D eigenvalue weighted by atomic mass is 16.2. The highest BCUT2D eigenvalue weighted by Crippen LogP contribution is 2.29. The summed E-state index contributed by atoms with van der Waals surface area (Å²) >= 11 is 0. The van der Waals surface area contributed by atoms with Crippen LogP contribution in [0.2, 0.25) is 0 Å². The Morgan fingerprint density at radius 2 is 2.04 bits per heavy atom. The van der Waals surface area contributed by atoms with Gasteiger partial charge < -0.3 is 5.32 Å². The van der Waals surface area contributed by atoms with E-state index in [0.29, 0.717) is 27.9 Å². The maximum atomic E-state index is 12.5. The van der Waals surface area contributed by atoms with Crippen molar-refractivity contribution in [2.75, 3.05) is 0 Å². The van der Waals surface area contributed by atoms with Crippen LogP contribution in [0.5, 0.6) is 0 Å². The molecule has 7 heteroatoms. The van der Waals surface area contributed by atoms with E-state index in [9.17, 15) is 14.4 Å². The second kappa shape index (κ2) is 6.84. The van der Waals surface area contributed by atoms with E-state index >= 15 is 0 Å². The van der Waals surface area contributed by atoms with Gasteiger partial charge in [-0.25, -0.2) is 9.98 Å². The number of carbonyl (C=O) groups excluding carboxylic acids is 2. The number of para-hydroxylation sites is 1. The zero-order chi connectivity index (χ0) is 19.8. The van der Waals surface area contributed by atoms with Gasteiger partial charge in [-0.05, 0) is 38.1 Å². The zero-order valence-electron chi connectivity index (χ0n) is 15.5. The average Bonchev–Trinajstić information content (AvgIpc) is 2.68. The van der Waals surface area contributed by atoms with Crippen molar-refractivity contribution >= 4 is 28.4 Å². The molecular weight excluding hydrogens is 356 g/mol. The molecule has 140 valence electrons. The van der Waals surface area contributed by atoms with E-state index in [-0.39, 0.29) is 23.9 Å². The molecule has 28 heavy (non-hydrogen) atoms. The number of aromatic nitrogens is 2. The summed E-state index contributed by atoms with van der Waals surface area (Å²) in [5.41, 5.74) is 3.11. The summed E-state index contributed by atoms with van der Waals surface area (Å²) in [6.45, 7) is 3.51. The molecule has 1 aromatic heterocycles. The van der Waals surface area contributed by atoms with Crippen LogP contribution in [0.25, 0.3) is 10.9 Å². The third kappa shape index (κ3) is 3.11. The second-order valence-electron chi connectivity index (χ2n) is 6.82. The van der Waals surface area contributed by atoms with Crippen molar-refractivity contribution in [2.24, 2.45) is 10.9 Å². The van der Waals surface area contributed by atoms with Crippen LogP contribution < -0.4 is 10.9 Å². The van der Waals surface area contributed by atoms with Crippen LogP contribution in [0.3, 0.4) is 0 Å². The summed E-state index contributed by atoms with van der Waals surface area (Å²) < 4.78 is 1.25. The summed E-state index contributed by atoms with van der Waals surface area (Å²) in [4.78, 5) is 45.1. The predicted molar refractivity (Wildman–Crippen MR) is 106 cm³/mol. The molecule has 0 fully saturated rings. The van der Waals surface area contributed by atoms with Gasteiger partial charge in [0, 0.05) is 17.2 Å². The first-order valence-electron chi connectivity index (χ1n) is 8.88. The Morgan fingerprint density at radius 3 is 2.86 bits per heavy atom. The third-order valence-corrected chi connectivity index (χ3v) is 5.05. The maximum Gasteiger partial charge on any atom is 0.266 e. The number of nitrogens with one attached hydrogen (secondary N) is 1. The predicted octanol–water partition coefficient (Wildman–Crippen LogP) is 1.90. The SMILES string of the molecule is CC1=C(C)C2C=CC(=NC(=O)Cn3cnc4ccccc4c3=O)C=C2NC1=O. The Morgan fingerprint density at radius 1 is 1.25 bits per heavy atom. The molecule has 1 atom stereocenters. The van der Waals surface area contributed by atoms with Crippen LogP contribution in [0.15, 0.2) is 75.5 Å². The Balaban J connectivity index is 1.58. The van der Waals surface area contributed by atoms with E-state index in [1.807, 2.05) is 13.0 Å². The largest absolute Gasteiger partial charge is 0.325 e. The molecule has 1 aliphatic carbocycles. The number of hydrogen-bond acceptors (Lipinski definition) is 4. The van der Waals surface area contributed by atoms with Gasteiger partial charge in [-0.3, -0.25) is 19.0 Å². The Kier molecular flexibility index (Phi) is 4.35. The monoisotopic (exact) mass is 374 g/mol. The van der Waals surface area contributed by atoms with Gasteiger partial charge >= 0.3 is 0 Å². The Bertz CT molecular complexity index is 1200. The van der Waals surface area contributed by atoms with E-state index in [0.717, 1.165) is 5.57 Å². The molecule has 7 nitrogen and oxygen atoms in total. The fourth-order valence-corrected chi connectivity index (χ4v) is 3.34. The number of allylic oxidation sites excluding steroid dienone is 3. The van der Waals surface area contributed by atoms with Gasteiger partial charge in [-0.15, -0.1) is 0 Å². The van der Waals surface area contributed by atoms with Crippen LogP contribution in [-0.4, -0.2) is 27.1 Å². The molecule has 0 bridgehead atoms. The molecule has 0 saturated carbocycles. The fourth-order valence-electron chi connectivity index (χ4n) is 3.34. The van der Waals surface area contributed by atoms with Crippen molar-refractivity contribution in [2.45, 2.75) is 20.4 Å². The first-order chi connectivity index (χ1) is 13.4. The molecule has 1 N–H and O–H groups in total. The van der Waals surface area contributed by atoms with Gasteiger partial charge in [0.25, 0.3) is 17.4 Å². The standard InChI is InChI=1S/C21H18N4O3/c1-12-13(2)20(27)24-18-9-14(7-8-15(12)18)23-19(26)10-25-11-22-17-6-4-3-5-16(17)21(25)28/h3-9,11,15H,10H2,1-2H3,(H,24,27). The number of carbonyl (C=O) groups is 2. The minimum atomic E-state index is -0.472. The van der Waals surface area contributed by atoms with Gasteiger partial charge in [0.2, 0.25) is 0 Å². The molecule has 0 spiro atoms. The van der Waals surface area contributed by atoms with E-state index in [2.05, 4.69) is 15.3 Å². The normalized spacial score (nSPS) is 20.2. The van der Waals surface area contributed by atoms with Crippen LogP contribution in [0, 0.1) is 5.92 Å². The van der Waals surface area contributed by atoms with E-state index in [4.69, 9.17) is 0 Å². The molecule has 2 heterocycles. The quantitative estimate of drug-likeness (QED) is 0.869. The Hall–Kier alpha value is -3.61. The van der Waals surface area contributed by atoms with Crippen molar-refractivity contribution in [1.29, 1.82) is 0 Å². The molecule has 1 aromatic carbocycles. The molecule has 2 amide bonds. The Labute approximate surface area is 160 Å². The van der Waals surface area contributed by atoms with Gasteiger partial charge in [0.15, 0.2) is 0 Å². The average molecular weight is 374 g/mol. The fraction of sp³-hybridized carbons (Fsp3) is 0.190. The highest BCUT2D eigenvalue weighted by Gasteiger charge is 2.27. The molecule has 2 aliphatic rings. The molecule has 1 unspecified atom stereocenters. The lowest BCUT2D eigenvalue weighted by atomic mass is 9.85. The highest BCUT2D eigenvalue weighted by molar-refractivity contribution is 6.11. The van der Waals surface area contributed by atoms with Crippen molar-refractivity contribution in [3.63, 3.8) is 0 Å². The van der Waals surface area contributed by atoms with E-state index in [1.54, 1.807) is 43.3 Å². The number of amides is 2. The van der Waals surface area contributed by atoms with Crippen LogP contribution in [-0.2, 0) is 16.1 Å². The molecule has 4 rings (SSSR count). The molecule has 1 aliphatic heterocycles. The van der Waals surface area contributed by atoms with Crippen molar-refractivity contribution < 1.29 is 9.59 Å². The lowest BCUT2D eigenvalue weighted by Gasteiger charge is -2.28. The molecule has 2 aromatic rings. The maximum absolute atomic E-state index is 12.5. The van der Waals surface area contributed by atoms with E-state index in [1.165, 1.54) is 10.9 Å². The van der Waals surface area contributed by atoms with Gasteiger partial charge in [0.1, 0.15) is 6.54 Å². The van der Waals surface area contributed by atoms with Crippen LogP contribution in [0.1, 0.15) is 13.8 Å². The molecular formula is C21H18N4O3.